The second kappa shape index (κ2) is 10.9. The minimum Gasteiger partial charge on any atom is -0.494 e. The Kier molecular flexibility index (Phi) is 7.47. The number of methoxy groups -OCH3 is 1. The molecule has 0 saturated carbocycles. The van der Waals surface area contributed by atoms with Gasteiger partial charge in [0.2, 0.25) is 5.76 Å². The molecule has 4 rings (SSSR count). The number of hydrogen-bond acceptors (Lipinski definition) is 7. The molecule has 0 saturated heterocycles. The highest BCUT2D eigenvalue weighted by Crippen LogP contribution is 2.31. The van der Waals surface area contributed by atoms with Crippen LogP contribution in [0.3, 0.4) is 0 Å². The summed E-state index contributed by atoms with van der Waals surface area (Å²) in [4.78, 5) is 11.6. The van der Waals surface area contributed by atoms with Crippen molar-refractivity contribution in [1.82, 2.24) is 14.8 Å². The van der Waals surface area contributed by atoms with Gasteiger partial charge in [-0.25, -0.2) is 4.79 Å². The first kappa shape index (κ1) is 22.7. The van der Waals surface area contributed by atoms with Crippen LogP contribution in [0.2, 0.25) is 0 Å². The van der Waals surface area contributed by atoms with Crippen molar-refractivity contribution in [2.24, 2.45) is 0 Å². The molecule has 0 spiro atoms. The van der Waals surface area contributed by atoms with Crippen LogP contribution in [0.15, 0.2) is 76.3 Å². The van der Waals surface area contributed by atoms with Gasteiger partial charge in [-0.1, -0.05) is 43.3 Å². The van der Waals surface area contributed by atoms with E-state index in [2.05, 4.69) is 17.1 Å². The fourth-order valence-electron chi connectivity index (χ4n) is 3.20. The fourth-order valence-corrected chi connectivity index (χ4v) is 4.04. The van der Waals surface area contributed by atoms with Gasteiger partial charge in [0.1, 0.15) is 11.5 Å². The minimum absolute atomic E-state index is 0.180. The lowest BCUT2D eigenvalue weighted by Crippen LogP contribution is -2.00. The molecular weight excluding hydrogens is 438 g/mol. The molecule has 2 aromatic carbocycles. The molecule has 2 heterocycles. The van der Waals surface area contributed by atoms with E-state index in [4.69, 9.17) is 13.9 Å². The number of rotatable bonds is 10. The summed E-state index contributed by atoms with van der Waals surface area (Å²) in [5.74, 6) is 2.40. The van der Waals surface area contributed by atoms with Crippen molar-refractivity contribution in [1.29, 1.82) is 0 Å². The highest BCUT2D eigenvalue weighted by atomic mass is 32.2. The molecule has 0 bridgehead atoms. The van der Waals surface area contributed by atoms with Crippen LogP contribution in [-0.4, -0.2) is 34.5 Å². The van der Waals surface area contributed by atoms with Crippen LogP contribution in [0.1, 0.15) is 36.1 Å². The first-order valence-electron chi connectivity index (χ1n) is 10.7. The molecule has 7 nitrogen and oxygen atoms in total. The topological polar surface area (TPSA) is 79.4 Å². The number of benzene rings is 2. The molecule has 33 heavy (non-hydrogen) atoms. The highest BCUT2D eigenvalue weighted by Gasteiger charge is 2.18. The molecule has 170 valence electrons. The van der Waals surface area contributed by atoms with E-state index in [1.54, 1.807) is 12.1 Å². The second-order valence-corrected chi connectivity index (χ2v) is 8.19. The largest absolute Gasteiger partial charge is 0.494 e. The minimum atomic E-state index is -0.497. The van der Waals surface area contributed by atoms with Crippen LogP contribution in [0.5, 0.6) is 5.75 Å². The maximum atomic E-state index is 11.6. The van der Waals surface area contributed by atoms with E-state index in [1.807, 2.05) is 59.2 Å². The van der Waals surface area contributed by atoms with E-state index in [0.29, 0.717) is 18.1 Å². The third-order valence-electron chi connectivity index (χ3n) is 4.92. The Bertz CT molecular complexity index is 1190. The lowest BCUT2D eigenvalue weighted by molar-refractivity contribution is 0.0563. The summed E-state index contributed by atoms with van der Waals surface area (Å²) in [5.41, 5.74) is 1.89. The highest BCUT2D eigenvalue weighted by molar-refractivity contribution is 7.98. The first-order valence-corrected chi connectivity index (χ1v) is 11.7. The Morgan fingerprint density at radius 3 is 2.55 bits per heavy atom. The quantitative estimate of drug-likeness (QED) is 0.167. The van der Waals surface area contributed by atoms with Gasteiger partial charge in [0, 0.05) is 11.3 Å². The molecule has 0 aliphatic rings. The molecule has 0 unspecified atom stereocenters. The lowest BCUT2D eigenvalue weighted by atomic mass is 10.2. The van der Waals surface area contributed by atoms with Gasteiger partial charge in [0.15, 0.2) is 11.0 Å². The monoisotopic (exact) mass is 463 g/mol. The average molecular weight is 464 g/mol. The first-order chi connectivity index (χ1) is 16.2. The predicted molar refractivity (Wildman–Crippen MR) is 127 cm³/mol. The lowest BCUT2D eigenvalue weighted by Gasteiger charge is -2.11. The van der Waals surface area contributed by atoms with E-state index in [9.17, 15) is 4.79 Å². The molecule has 0 amide bonds. The SMILES string of the molecule is CCCCOc1ccc(-c2nnc(SCc3ccc(C(=O)OC)o3)n2-c2ccccc2)cc1. The zero-order chi connectivity index (χ0) is 23.0. The number of esters is 1. The smallest absolute Gasteiger partial charge is 0.373 e. The van der Waals surface area contributed by atoms with Crippen LogP contribution in [0, 0.1) is 0 Å². The molecule has 4 aromatic rings. The normalized spacial score (nSPS) is 10.8. The van der Waals surface area contributed by atoms with Gasteiger partial charge in [0.25, 0.3) is 0 Å². The summed E-state index contributed by atoms with van der Waals surface area (Å²) in [6.07, 6.45) is 2.13. The third-order valence-corrected chi connectivity index (χ3v) is 5.87. The number of unbranched alkanes of at least 4 members (excludes halogenated alkanes) is 1. The van der Waals surface area contributed by atoms with Gasteiger partial charge in [-0.05, 0) is 55.0 Å². The Hall–Kier alpha value is -3.52. The molecular formula is C25H25N3O4S. The number of thioether (sulfide) groups is 1. The number of carbonyl (C=O) groups excluding carboxylic acids is 1. The third kappa shape index (κ3) is 5.46. The van der Waals surface area contributed by atoms with E-state index >= 15 is 0 Å². The Labute approximate surface area is 196 Å². The van der Waals surface area contributed by atoms with Gasteiger partial charge < -0.3 is 13.9 Å². The molecule has 2 aromatic heterocycles. The molecule has 0 atom stereocenters. The summed E-state index contributed by atoms with van der Waals surface area (Å²) in [6.45, 7) is 2.85. The van der Waals surface area contributed by atoms with Gasteiger partial charge in [-0.2, -0.15) is 0 Å². The van der Waals surface area contributed by atoms with E-state index in [1.165, 1.54) is 18.9 Å². The van der Waals surface area contributed by atoms with Crippen LogP contribution >= 0.6 is 11.8 Å². The van der Waals surface area contributed by atoms with E-state index in [0.717, 1.165) is 40.8 Å². The van der Waals surface area contributed by atoms with Crippen molar-refractivity contribution in [3.63, 3.8) is 0 Å². The Balaban J connectivity index is 1.58. The molecule has 0 N–H and O–H groups in total. The van der Waals surface area contributed by atoms with Crippen molar-refractivity contribution in [2.45, 2.75) is 30.7 Å². The van der Waals surface area contributed by atoms with Crippen molar-refractivity contribution < 1.29 is 18.7 Å². The number of para-hydroxylation sites is 1. The van der Waals surface area contributed by atoms with E-state index in [-0.39, 0.29) is 5.76 Å². The maximum Gasteiger partial charge on any atom is 0.373 e. The summed E-state index contributed by atoms with van der Waals surface area (Å²) >= 11 is 1.48. The van der Waals surface area contributed by atoms with Crippen molar-refractivity contribution >= 4 is 17.7 Å². The summed E-state index contributed by atoms with van der Waals surface area (Å²) in [6, 6.07) is 21.2. The number of hydrogen-bond donors (Lipinski definition) is 0. The molecule has 0 fully saturated rings. The van der Waals surface area contributed by atoms with Crippen molar-refractivity contribution in [2.75, 3.05) is 13.7 Å². The van der Waals surface area contributed by atoms with Crippen LogP contribution in [0.25, 0.3) is 17.1 Å². The van der Waals surface area contributed by atoms with Crippen LogP contribution in [0.4, 0.5) is 0 Å². The fraction of sp³-hybridized carbons (Fsp3) is 0.240. The van der Waals surface area contributed by atoms with Crippen molar-refractivity contribution in [3.8, 4) is 22.8 Å². The zero-order valence-corrected chi connectivity index (χ0v) is 19.4. The zero-order valence-electron chi connectivity index (χ0n) is 18.6. The summed E-state index contributed by atoms with van der Waals surface area (Å²) in [5, 5.41) is 9.63. The number of nitrogens with zero attached hydrogens (tertiary/aromatic N) is 3. The van der Waals surface area contributed by atoms with Gasteiger partial charge in [-0.15, -0.1) is 10.2 Å². The molecule has 8 heteroatoms. The summed E-state index contributed by atoms with van der Waals surface area (Å²) in [7, 11) is 1.33. The number of carbonyl (C=O) groups is 1. The summed E-state index contributed by atoms with van der Waals surface area (Å²) < 4.78 is 18.1. The predicted octanol–water partition coefficient (Wildman–Crippen LogP) is 5.79. The van der Waals surface area contributed by atoms with Gasteiger partial charge in [0.05, 0.1) is 19.5 Å². The van der Waals surface area contributed by atoms with Crippen LogP contribution in [-0.2, 0) is 10.5 Å². The average Bonchev–Trinajstić information content (AvgIpc) is 3.51. The number of furan rings is 1. The Morgan fingerprint density at radius 1 is 1.03 bits per heavy atom. The second-order valence-electron chi connectivity index (χ2n) is 7.25. The Morgan fingerprint density at radius 2 is 1.82 bits per heavy atom. The standard InChI is InChI=1S/C25H25N3O4S/c1-3-4-16-31-20-12-10-18(11-13-20)23-26-27-25(28(23)19-8-6-5-7-9-19)33-17-21-14-15-22(32-21)24(29)30-2/h5-15H,3-4,16-17H2,1-2H3. The molecule has 0 aliphatic heterocycles. The number of aromatic nitrogens is 3. The molecule has 0 aliphatic carbocycles. The number of ether oxygens (including phenoxy) is 2. The van der Waals surface area contributed by atoms with Gasteiger partial charge in [-0.3, -0.25) is 4.57 Å². The van der Waals surface area contributed by atoms with Crippen LogP contribution < -0.4 is 4.74 Å². The van der Waals surface area contributed by atoms with Gasteiger partial charge >= 0.3 is 5.97 Å². The van der Waals surface area contributed by atoms with Crippen molar-refractivity contribution in [3.05, 3.63) is 78.3 Å². The molecule has 0 radical (unpaired) electrons. The maximum absolute atomic E-state index is 11.6. The van der Waals surface area contributed by atoms with E-state index < -0.39 is 5.97 Å².